The minimum absolute atomic E-state index is 0.272. The Morgan fingerprint density at radius 3 is 2.62 bits per heavy atom. The number of nitrogens with one attached hydrogen (secondary N) is 2. The minimum atomic E-state index is -0.566. The third-order valence-electron chi connectivity index (χ3n) is 4.26. The Balaban J connectivity index is 2.18. The van der Waals surface area contributed by atoms with Gasteiger partial charge in [-0.3, -0.25) is 0 Å². The summed E-state index contributed by atoms with van der Waals surface area (Å²) in [6, 6.07) is 12.9. The molecule has 3 rings (SSSR count). The topological polar surface area (TPSA) is 70.7 Å². The first-order valence-corrected chi connectivity index (χ1v) is 8.61. The van der Waals surface area contributed by atoms with Gasteiger partial charge in [0.1, 0.15) is 0 Å². The molecule has 1 atom stereocenters. The molecule has 0 spiro atoms. The Hall–Kier alpha value is -2.86. The van der Waals surface area contributed by atoms with E-state index >= 15 is 0 Å². The van der Waals surface area contributed by atoms with E-state index < -0.39 is 12.0 Å². The smallest absolute Gasteiger partial charge is 0.338 e. The van der Waals surface area contributed by atoms with Crippen LogP contribution < -0.4 is 10.6 Å². The normalized spacial score (nSPS) is 17.2. The van der Waals surface area contributed by atoms with Crippen LogP contribution in [0.4, 0.5) is 4.79 Å². The predicted octanol–water partition coefficient (Wildman–Crippen LogP) is 2.57. The maximum Gasteiger partial charge on any atom is 0.338 e. The lowest BCUT2D eigenvalue weighted by Gasteiger charge is -2.31. The predicted molar refractivity (Wildman–Crippen MR) is 101 cm³/mol. The van der Waals surface area contributed by atoms with Crippen LogP contribution in [0.5, 0.6) is 0 Å². The number of benzene rings is 2. The van der Waals surface area contributed by atoms with Gasteiger partial charge in [0.05, 0.1) is 18.2 Å². The molecule has 1 unspecified atom stereocenters. The highest BCUT2D eigenvalue weighted by Gasteiger charge is 2.34. The highest BCUT2D eigenvalue weighted by Crippen LogP contribution is 2.32. The van der Waals surface area contributed by atoms with E-state index in [-0.39, 0.29) is 12.6 Å². The highest BCUT2D eigenvalue weighted by molar-refractivity contribution is 5.97. The van der Waals surface area contributed by atoms with Crippen molar-refractivity contribution < 1.29 is 14.3 Å². The van der Waals surface area contributed by atoms with Crippen LogP contribution in [-0.2, 0) is 9.53 Å². The third-order valence-corrected chi connectivity index (χ3v) is 4.26. The molecule has 0 radical (unpaired) electrons. The zero-order chi connectivity index (χ0) is 18.7. The van der Waals surface area contributed by atoms with Crippen molar-refractivity contribution in [2.24, 2.45) is 0 Å². The third kappa shape index (κ3) is 3.55. The Kier molecular flexibility index (Phi) is 5.23. The summed E-state index contributed by atoms with van der Waals surface area (Å²) in [7, 11) is 3.77. The van der Waals surface area contributed by atoms with Gasteiger partial charge < -0.3 is 20.3 Å². The number of rotatable bonds is 5. The first-order chi connectivity index (χ1) is 12.5. The number of carbonyl (C=O) groups excluding carboxylic acids is 2. The lowest BCUT2D eigenvalue weighted by Crippen LogP contribution is -2.48. The average molecular weight is 353 g/mol. The van der Waals surface area contributed by atoms with Crippen LogP contribution in [0.2, 0.25) is 0 Å². The number of ether oxygens (including phenoxy) is 1. The van der Waals surface area contributed by atoms with Crippen molar-refractivity contribution in [2.45, 2.75) is 13.0 Å². The molecule has 2 aromatic carbocycles. The quantitative estimate of drug-likeness (QED) is 0.811. The first-order valence-electron chi connectivity index (χ1n) is 8.61. The van der Waals surface area contributed by atoms with Gasteiger partial charge in [0.2, 0.25) is 0 Å². The van der Waals surface area contributed by atoms with Crippen LogP contribution in [0, 0.1) is 0 Å². The van der Waals surface area contributed by atoms with Gasteiger partial charge in [-0.25, -0.2) is 9.59 Å². The molecule has 0 aliphatic carbocycles. The lowest BCUT2D eigenvalue weighted by atomic mass is 9.91. The van der Waals surface area contributed by atoms with E-state index in [0.29, 0.717) is 17.8 Å². The summed E-state index contributed by atoms with van der Waals surface area (Å²) < 4.78 is 5.29. The molecule has 0 fully saturated rings. The van der Waals surface area contributed by atoms with Gasteiger partial charge >= 0.3 is 12.0 Å². The average Bonchev–Trinajstić information content (AvgIpc) is 2.60. The molecule has 0 saturated heterocycles. The fraction of sp³-hybridized carbons (Fsp3) is 0.300. The Labute approximate surface area is 152 Å². The molecule has 2 aromatic rings. The maximum absolute atomic E-state index is 12.7. The first kappa shape index (κ1) is 17.9. The van der Waals surface area contributed by atoms with Gasteiger partial charge in [-0.15, -0.1) is 0 Å². The van der Waals surface area contributed by atoms with Gasteiger partial charge in [0.25, 0.3) is 0 Å². The fourth-order valence-corrected chi connectivity index (χ4v) is 3.24. The lowest BCUT2D eigenvalue weighted by molar-refractivity contribution is -0.139. The number of urea groups is 1. The summed E-state index contributed by atoms with van der Waals surface area (Å²) >= 11 is 0. The number of nitrogens with zero attached hydrogens (tertiary/aromatic N) is 1. The van der Waals surface area contributed by atoms with Crippen molar-refractivity contribution in [3.63, 3.8) is 0 Å². The number of amides is 2. The van der Waals surface area contributed by atoms with E-state index in [9.17, 15) is 9.59 Å². The van der Waals surface area contributed by atoms with Crippen LogP contribution in [-0.4, -0.2) is 44.1 Å². The molecule has 0 saturated carbocycles. The summed E-state index contributed by atoms with van der Waals surface area (Å²) in [5.41, 5.74) is 1.88. The SMILES string of the molecule is CCOC(=O)C1=C(CN(C)C)NC(=O)NC1c1cccc2ccccc12. The van der Waals surface area contributed by atoms with Crippen molar-refractivity contribution >= 4 is 22.8 Å². The molecule has 1 aliphatic rings. The summed E-state index contributed by atoms with van der Waals surface area (Å²) in [5, 5.41) is 7.71. The molecular formula is C20H23N3O3. The van der Waals surface area contributed by atoms with E-state index in [1.807, 2.05) is 61.5 Å². The second-order valence-electron chi connectivity index (χ2n) is 6.45. The largest absolute Gasteiger partial charge is 0.463 e. The van der Waals surface area contributed by atoms with E-state index in [0.717, 1.165) is 16.3 Å². The number of fused-ring (bicyclic) bond motifs is 1. The monoisotopic (exact) mass is 353 g/mol. The second-order valence-corrected chi connectivity index (χ2v) is 6.45. The van der Waals surface area contributed by atoms with E-state index in [2.05, 4.69) is 10.6 Å². The molecule has 1 heterocycles. The minimum Gasteiger partial charge on any atom is -0.463 e. The maximum atomic E-state index is 12.7. The molecule has 6 nitrogen and oxygen atoms in total. The fourth-order valence-electron chi connectivity index (χ4n) is 3.24. The van der Waals surface area contributed by atoms with Gasteiger partial charge in [-0.05, 0) is 37.4 Å². The van der Waals surface area contributed by atoms with Crippen LogP contribution in [0.15, 0.2) is 53.7 Å². The van der Waals surface area contributed by atoms with Crippen molar-refractivity contribution in [1.82, 2.24) is 15.5 Å². The van der Waals surface area contributed by atoms with Crippen LogP contribution in [0.1, 0.15) is 18.5 Å². The zero-order valence-corrected chi connectivity index (χ0v) is 15.2. The molecular weight excluding hydrogens is 330 g/mol. The van der Waals surface area contributed by atoms with E-state index in [1.165, 1.54) is 0 Å². The molecule has 136 valence electrons. The van der Waals surface area contributed by atoms with Crippen molar-refractivity contribution in [1.29, 1.82) is 0 Å². The van der Waals surface area contributed by atoms with Gasteiger partial charge in [0.15, 0.2) is 0 Å². The summed E-state index contributed by atoms with van der Waals surface area (Å²) in [6.07, 6.45) is 0. The number of hydrogen-bond acceptors (Lipinski definition) is 4. The summed E-state index contributed by atoms with van der Waals surface area (Å²) in [5.74, 6) is -0.421. The second kappa shape index (κ2) is 7.58. The zero-order valence-electron chi connectivity index (χ0n) is 15.2. The molecule has 1 aliphatic heterocycles. The molecule has 26 heavy (non-hydrogen) atoms. The van der Waals surface area contributed by atoms with E-state index in [1.54, 1.807) is 6.92 Å². The number of likely N-dealkylation sites (N-methyl/N-ethyl adjacent to an activating group) is 1. The van der Waals surface area contributed by atoms with Crippen LogP contribution in [0.3, 0.4) is 0 Å². The van der Waals surface area contributed by atoms with Crippen molar-refractivity contribution in [3.05, 3.63) is 59.3 Å². The van der Waals surface area contributed by atoms with Gasteiger partial charge in [-0.1, -0.05) is 42.5 Å². The Morgan fingerprint density at radius 2 is 1.88 bits per heavy atom. The molecule has 0 aromatic heterocycles. The van der Waals surface area contributed by atoms with Gasteiger partial charge in [0, 0.05) is 12.2 Å². The molecule has 2 amide bonds. The van der Waals surface area contributed by atoms with Crippen molar-refractivity contribution in [3.8, 4) is 0 Å². The number of esters is 1. The highest BCUT2D eigenvalue weighted by atomic mass is 16.5. The molecule has 0 bridgehead atoms. The Bertz CT molecular complexity index is 868. The standard InChI is InChI=1S/C20H23N3O3/c1-4-26-19(24)17-16(12-23(2)3)21-20(25)22-18(17)15-11-7-9-13-8-5-6-10-14(13)15/h5-11,18H,4,12H2,1-3H3,(H2,21,22,25). The number of carbonyl (C=O) groups is 2. The van der Waals surface area contributed by atoms with Gasteiger partial charge in [-0.2, -0.15) is 0 Å². The van der Waals surface area contributed by atoms with Crippen LogP contribution >= 0.6 is 0 Å². The van der Waals surface area contributed by atoms with Crippen molar-refractivity contribution in [2.75, 3.05) is 27.2 Å². The van der Waals surface area contributed by atoms with E-state index in [4.69, 9.17) is 4.74 Å². The van der Waals surface area contributed by atoms with Crippen LogP contribution in [0.25, 0.3) is 10.8 Å². The molecule has 6 heteroatoms. The number of hydrogen-bond donors (Lipinski definition) is 2. The summed E-state index contributed by atoms with van der Waals surface area (Å²) in [4.78, 5) is 26.9. The Morgan fingerprint density at radius 1 is 1.15 bits per heavy atom. The molecule has 2 N–H and O–H groups in total. The summed E-state index contributed by atoms with van der Waals surface area (Å²) in [6.45, 7) is 2.47.